The minimum absolute atomic E-state index is 0.534. The van der Waals surface area contributed by atoms with Crippen molar-refractivity contribution in [2.24, 2.45) is 10.9 Å². The third kappa shape index (κ3) is 6.31. The lowest BCUT2D eigenvalue weighted by Gasteiger charge is -2.31. The molecular formula is C21H36N4O2. The van der Waals surface area contributed by atoms with Crippen LogP contribution in [0.4, 0.5) is 0 Å². The Morgan fingerprint density at radius 3 is 2.48 bits per heavy atom. The maximum absolute atomic E-state index is 5.48. The summed E-state index contributed by atoms with van der Waals surface area (Å²) in [6.07, 6.45) is 2.63. The quantitative estimate of drug-likeness (QED) is 0.513. The van der Waals surface area contributed by atoms with Gasteiger partial charge < -0.3 is 20.1 Å². The first-order chi connectivity index (χ1) is 13.1. The second-order valence-corrected chi connectivity index (χ2v) is 7.31. The third-order valence-electron chi connectivity index (χ3n) is 5.10. The van der Waals surface area contributed by atoms with Crippen molar-refractivity contribution >= 4 is 5.96 Å². The van der Waals surface area contributed by atoms with Crippen LogP contribution in [-0.2, 0) is 6.54 Å². The molecule has 0 radical (unpaired) electrons. The topological polar surface area (TPSA) is 58.1 Å². The van der Waals surface area contributed by atoms with Crippen LogP contribution in [-0.4, -0.2) is 57.3 Å². The molecule has 1 atom stereocenters. The summed E-state index contributed by atoms with van der Waals surface area (Å²) in [5.74, 6) is 3.04. The van der Waals surface area contributed by atoms with Gasteiger partial charge in [0.2, 0.25) is 0 Å². The largest absolute Gasteiger partial charge is 0.497 e. The molecule has 2 N–H and O–H groups in total. The molecule has 1 saturated heterocycles. The average Bonchev–Trinajstić information content (AvgIpc) is 3.20. The number of benzene rings is 1. The normalized spacial score (nSPS) is 16.4. The molecule has 152 valence electrons. The van der Waals surface area contributed by atoms with Crippen LogP contribution in [0.15, 0.2) is 23.2 Å². The Balaban J connectivity index is 2.03. The zero-order chi connectivity index (χ0) is 19.6. The smallest absolute Gasteiger partial charge is 0.191 e. The molecule has 27 heavy (non-hydrogen) atoms. The van der Waals surface area contributed by atoms with Crippen LogP contribution < -0.4 is 20.1 Å². The van der Waals surface area contributed by atoms with Crippen LogP contribution in [0, 0.1) is 5.92 Å². The summed E-state index contributed by atoms with van der Waals surface area (Å²) >= 11 is 0. The van der Waals surface area contributed by atoms with Crippen molar-refractivity contribution in [1.29, 1.82) is 0 Å². The highest BCUT2D eigenvalue weighted by Crippen LogP contribution is 2.25. The van der Waals surface area contributed by atoms with Gasteiger partial charge in [0.1, 0.15) is 11.5 Å². The maximum Gasteiger partial charge on any atom is 0.191 e. The van der Waals surface area contributed by atoms with Gasteiger partial charge >= 0.3 is 0 Å². The molecule has 6 nitrogen and oxygen atoms in total. The second-order valence-electron chi connectivity index (χ2n) is 7.31. The minimum Gasteiger partial charge on any atom is -0.497 e. The van der Waals surface area contributed by atoms with Gasteiger partial charge in [-0.2, -0.15) is 0 Å². The fourth-order valence-corrected chi connectivity index (χ4v) is 3.55. The van der Waals surface area contributed by atoms with Crippen molar-refractivity contribution in [3.63, 3.8) is 0 Å². The molecule has 0 aromatic heterocycles. The number of aliphatic imine (C=N–C) groups is 1. The molecule has 1 aromatic rings. The van der Waals surface area contributed by atoms with Gasteiger partial charge in [0.25, 0.3) is 0 Å². The molecule has 1 aromatic carbocycles. The Bertz CT molecular complexity index is 598. The molecule has 1 heterocycles. The minimum atomic E-state index is 0.534. The van der Waals surface area contributed by atoms with E-state index in [1.54, 1.807) is 14.2 Å². The van der Waals surface area contributed by atoms with Gasteiger partial charge in [-0.05, 0) is 50.9 Å². The van der Waals surface area contributed by atoms with E-state index in [0.717, 1.165) is 36.1 Å². The Hall–Kier alpha value is -1.95. The predicted molar refractivity (Wildman–Crippen MR) is 112 cm³/mol. The van der Waals surface area contributed by atoms with Gasteiger partial charge in [-0.1, -0.05) is 13.8 Å². The van der Waals surface area contributed by atoms with Crippen molar-refractivity contribution in [1.82, 2.24) is 15.5 Å². The summed E-state index contributed by atoms with van der Waals surface area (Å²) in [5.41, 5.74) is 1.04. The van der Waals surface area contributed by atoms with Gasteiger partial charge in [0.05, 0.1) is 20.8 Å². The zero-order valence-corrected chi connectivity index (χ0v) is 17.5. The molecule has 0 aliphatic carbocycles. The van der Waals surface area contributed by atoms with Crippen LogP contribution >= 0.6 is 0 Å². The Labute approximate surface area is 164 Å². The van der Waals surface area contributed by atoms with E-state index in [2.05, 4.69) is 36.3 Å². The van der Waals surface area contributed by atoms with Crippen LogP contribution in [0.2, 0.25) is 0 Å². The monoisotopic (exact) mass is 376 g/mol. The third-order valence-corrected chi connectivity index (χ3v) is 5.10. The Kier molecular flexibility index (Phi) is 8.72. The lowest BCUT2D eigenvalue weighted by Crippen LogP contribution is -2.48. The number of rotatable bonds is 9. The van der Waals surface area contributed by atoms with Crippen molar-refractivity contribution in [3.05, 3.63) is 23.8 Å². The summed E-state index contributed by atoms with van der Waals surface area (Å²) in [6.45, 7) is 11.4. The fourth-order valence-electron chi connectivity index (χ4n) is 3.55. The SMILES string of the molecule is CCNC(=NCc1ccc(OC)cc1OC)NCC(C(C)C)N1CCCC1. The molecule has 0 spiro atoms. The van der Waals surface area contributed by atoms with Gasteiger partial charge in [0, 0.05) is 30.8 Å². The molecule has 0 saturated carbocycles. The van der Waals surface area contributed by atoms with E-state index in [4.69, 9.17) is 14.5 Å². The lowest BCUT2D eigenvalue weighted by molar-refractivity contribution is 0.192. The van der Waals surface area contributed by atoms with E-state index in [1.807, 2.05) is 18.2 Å². The number of nitrogens with one attached hydrogen (secondary N) is 2. The molecular weight excluding hydrogens is 340 g/mol. The highest BCUT2D eigenvalue weighted by atomic mass is 16.5. The molecule has 1 aliphatic rings. The highest BCUT2D eigenvalue weighted by Gasteiger charge is 2.24. The van der Waals surface area contributed by atoms with E-state index in [9.17, 15) is 0 Å². The molecule has 1 unspecified atom stereocenters. The van der Waals surface area contributed by atoms with E-state index in [0.29, 0.717) is 18.5 Å². The van der Waals surface area contributed by atoms with Crippen LogP contribution in [0.1, 0.15) is 39.2 Å². The predicted octanol–water partition coefficient (Wildman–Crippen LogP) is 2.88. The first-order valence-corrected chi connectivity index (χ1v) is 10.1. The van der Waals surface area contributed by atoms with Gasteiger partial charge in [-0.3, -0.25) is 4.90 Å². The number of hydrogen-bond donors (Lipinski definition) is 2. The number of hydrogen-bond acceptors (Lipinski definition) is 4. The first kappa shape index (κ1) is 21.4. The highest BCUT2D eigenvalue weighted by molar-refractivity contribution is 5.79. The van der Waals surface area contributed by atoms with Gasteiger partial charge in [-0.15, -0.1) is 0 Å². The first-order valence-electron chi connectivity index (χ1n) is 10.1. The number of methoxy groups -OCH3 is 2. The van der Waals surface area contributed by atoms with Gasteiger partial charge in [0.15, 0.2) is 5.96 Å². The van der Waals surface area contributed by atoms with Crippen molar-refractivity contribution in [3.8, 4) is 11.5 Å². The summed E-state index contributed by atoms with van der Waals surface area (Å²) in [5, 5.41) is 6.89. The Morgan fingerprint density at radius 2 is 1.89 bits per heavy atom. The number of nitrogens with zero attached hydrogens (tertiary/aromatic N) is 2. The maximum atomic E-state index is 5.48. The van der Waals surface area contributed by atoms with Crippen molar-refractivity contribution in [2.45, 2.75) is 46.2 Å². The molecule has 2 rings (SSSR count). The van der Waals surface area contributed by atoms with E-state index < -0.39 is 0 Å². The number of ether oxygens (including phenoxy) is 2. The van der Waals surface area contributed by atoms with Crippen LogP contribution in [0.3, 0.4) is 0 Å². The lowest BCUT2D eigenvalue weighted by atomic mass is 10.0. The summed E-state index contributed by atoms with van der Waals surface area (Å²) in [6, 6.07) is 6.38. The van der Waals surface area contributed by atoms with E-state index in [1.165, 1.54) is 25.9 Å². The number of guanidine groups is 1. The standard InChI is InChI=1S/C21H36N4O2/c1-6-22-21(24-15-19(16(2)3)25-11-7-8-12-25)23-14-17-9-10-18(26-4)13-20(17)27-5/h9-10,13,16,19H,6-8,11-12,14-15H2,1-5H3,(H2,22,23,24). The summed E-state index contributed by atoms with van der Waals surface area (Å²) in [7, 11) is 3.33. The van der Waals surface area contributed by atoms with Gasteiger partial charge in [-0.25, -0.2) is 4.99 Å². The Morgan fingerprint density at radius 1 is 1.15 bits per heavy atom. The fraction of sp³-hybridized carbons (Fsp3) is 0.667. The summed E-state index contributed by atoms with van der Waals surface area (Å²) < 4.78 is 10.7. The van der Waals surface area contributed by atoms with Crippen molar-refractivity contribution in [2.75, 3.05) is 40.4 Å². The second kappa shape index (κ2) is 11.0. The summed E-state index contributed by atoms with van der Waals surface area (Å²) in [4.78, 5) is 7.37. The van der Waals surface area contributed by atoms with E-state index in [-0.39, 0.29) is 0 Å². The van der Waals surface area contributed by atoms with E-state index >= 15 is 0 Å². The van der Waals surface area contributed by atoms with Crippen LogP contribution in [0.25, 0.3) is 0 Å². The van der Waals surface area contributed by atoms with Crippen molar-refractivity contribution < 1.29 is 9.47 Å². The van der Waals surface area contributed by atoms with Crippen LogP contribution in [0.5, 0.6) is 11.5 Å². The molecule has 0 bridgehead atoms. The average molecular weight is 377 g/mol. The molecule has 1 fully saturated rings. The number of likely N-dealkylation sites (tertiary alicyclic amines) is 1. The molecule has 0 amide bonds. The molecule has 1 aliphatic heterocycles. The zero-order valence-electron chi connectivity index (χ0n) is 17.5. The molecule has 6 heteroatoms.